The van der Waals surface area contributed by atoms with Gasteiger partial charge in [-0.3, -0.25) is 0 Å². The fourth-order valence-corrected chi connectivity index (χ4v) is 5.22. The maximum atomic E-state index is 6.80. The predicted octanol–water partition coefficient (Wildman–Crippen LogP) is 8.26. The number of allylic oxidation sites excluding steroid dienone is 5. The molecule has 0 N–H and O–H groups in total. The Labute approximate surface area is 187 Å². The van der Waals surface area contributed by atoms with Crippen LogP contribution in [0.25, 0.3) is 0 Å². The van der Waals surface area contributed by atoms with E-state index in [4.69, 9.17) is 20.5 Å². The molecule has 0 fully saturated rings. The van der Waals surface area contributed by atoms with Crippen molar-refractivity contribution in [1.82, 2.24) is 0 Å². The van der Waals surface area contributed by atoms with Gasteiger partial charge in [0.2, 0.25) is 0 Å². The zero-order valence-electron chi connectivity index (χ0n) is 20.9. The monoisotopic (exact) mass is 408 g/mol. The minimum absolute atomic E-state index is 0.0286. The van der Waals surface area contributed by atoms with Gasteiger partial charge in [0.1, 0.15) is 7.85 Å². The summed E-state index contributed by atoms with van der Waals surface area (Å²) in [5.41, 5.74) is 11.7. The molecule has 0 aromatic heterocycles. The molecule has 0 saturated carbocycles. The molecule has 0 bridgehead atoms. The predicted molar refractivity (Wildman–Crippen MR) is 136 cm³/mol. The summed E-state index contributed by atoms with van der Waals surface area (Å²) in [4.78, 5) is 1.05. The molecule has 2 heteroatoms. The minimum Gasteiger partial charge on any atom is -0.143 e. The number of rotatable bonds is 5. The molecular weight excluding hydrogens is 367 g/mol. The van der Waals surface area contributed by atoms with E-state index in [1.807, 2.05) is 0 Å². The molecule has 29 heavy (non-hydrogen) atoms. The smallest absolute Gasteiger partial charge is 0.114 e. The normalized spacial score (nSPS) is 14.5. The van der Waals surface area contributed by atoms with Gasteiger partial charge in [-0.15, -0.1) is 12.6 Å². The molecule has 0 nitrogen and oxygen atoms in total. The van der Waals surface area contributed by atoms with E-state index in [0.29, 0.717) is 0 Å². The first-order valence-corrected chi connectivity index (χ1v) is 11.1. The fourth-order valence-electron chi connectivity index (χ4n) is 4.61. The van der Waals surface area contributed by atoms with Gasteiger partial charge in [-0.25, -0.2) is 0 Å². The molecule has 0 aliphatic heterocycles. The minimum atomic E-state index is -0.321. The summed E-state index contributed by atoms with van der Waals surface area (Å²) in [5.74, 6) is 0. The first-order chi connectivity index (χ1) is 13.0. The van der Waals surface area contributed by atoms with E-state index >= 15 is 0 Å². The zero-order chi connectivity index (χ0) is 23.1. The lowest BCUT2D eigenvalue weighted by Gasteiger charge is -2.36. The third kappa shape index (κ3) is 4.79. The van der Waals surface area contributed by atoms with E-state index < -0.39 is 0 Å². The second-order valence-electron chi connectivity index (χ2n) is 10.1. The Morgan fingerprint density at radius 2 is 1.34 bits per heavy atom. The van der Waals surface area contributed by atoms with Gasteiger partial charge in [-0.1, -0.05) is 70.3 Å². The number of thiol groups is 1. The summed E-state index contributed by atoms with van der Waals surface area (Å²) in [5, 5.41) is 0. The highest BCUT2D eigenvalue weighted by Gasteiger charge is 2.32. The Balaban J connectivity index is 3.76. The molecule has 0 aliphatic carbocycles. The highest BCUT2D eigenvalue weighted by Crippen LogP contribution is 2.44. The van der Waals surface area contributed by atoms with Crippen LogP contribution < -0.4 is 0 Å². The molecule has 0 unspecified atom stereocenters. The van der Waals surface area contributed by atoms with Crippen molar-refractivity contribution in [3.8, 4) is 0 Å². The van der Waals surface area contributed by atoms with Crippen molar-refractivity contribution in [2.75, 3.05) is 0 Å². The highest BCUT2D eigenvalue weighted by molar-refractivity contribution is 7.80. The van der Waals surface area contributed by atoms with Crippen LogP contribution >= 0.6 is 12.6 Å². The molecule has 1 aromatic carbocycles. The molecule has 0 heterocycles. The van der Waals surface area contributed by atoms with Gasteiger partial charge >= 0.3 is 0 Å². The Bertz CT molecular complexity index is 857. The summed E-state index contributed by atoms with van der Waals surface area (Å²) in [6, 6.07) is 0. The molecule has 0 amide bonds. The largest absolute Gasteiger partial charge is 0.143 e. The molecular formula is C27H41BS. The zero-order valence-corrected chi connectivity index (χ0v) is 21.8. The van der Waals surface area contributed by atoms with Gasteiger partial charge in [0.05, 0.1) is 0 Å². The van der Waals surface area contributed by atoms with Gasteiger partial charge in [0.25, 0.3) is 0 Å². The van der Waals surface area contributed by atoms with Crippen LogP contribution in [-0.2, 0) is 5.41 Å². The van der Waals surface area contributed by atoms with Crippen LogP contribution in [0.4, 0.5) is 0 Å². The average Bonchev–Trinajstić information content (AvgIpc) is 2.61. The van der Waals surface area contributed by atoms with Crippen LogP contribution in [-0.4, -0.2) is 7.85 Å². The summed E-state index contributed by atoms with van der Waals surface area (Å²) in [7, 11) is 6.80. The van der Waals surface area contributed by atoms with Crippen LogP contribution in [0, 0.1) is 33.1 Å². The summed E-state index contributed by atoms with van der Waals surface area (Å²) < 4.78 is 0. The maximum absolute atomic E-state index is 6.80. The van der Waals surface area contributed by atoms with Gasteiger partial charge in [0, 0.05) is 10.3 Å². The van der Waals surface area contributed by atoms with Crippen molar-refractivity contribution in [3.63, 3.8) is 0 Å². The van der Waals surface area contributed by atoms with Crippen molar-refractivity contribution in [2.45, 2.75) is 99.8 Å². The van der Waals surface area contributed by atoms with E-state index in [9.17, 15) is 0 Å². The van der Waals surface area contributed by atoms with Gasteiger partial charge in [-0.2, -0.15) is 0 Å². The third-order valence-electron chi connectivity index (χ3n) is 6.85. The van der Waals surface area contributed by atoms with Crippen molar-refractivity contribution < 1.29 is 0 Å². The molecule has 0 spiro atoms. The van der Waals surface area contributed by atoms with Gasteiger partial charge in [-0.05, 0) is 86.8 Å². The molecule has 0 atom stereocenters. The second-order valence-corrected chi connectivity index (χ2v) is 10.6. The van der Waals surface area contributed by atoms with Crippen LogP contribution in [0.5, 0.6) is 0 Å². The fraction of sp³-hybridized carbons (Fsp3) is 0.556. The standard InChI is InChI=1S/C27H41BS/c1-14-15(2)22(26(9,10)11)20(7)24(28)21(8)27(12,13)23-18(5)16(3)17(4)19(6)25(23)29/h29H,8,14H2,1-7,9-13H3/b22-15+,24-20+. The van der Waals surface area contributed by atoms with Crippen molar-refractivity contribution >= 4 is 20.5 Å². The molecule has 1 rings (SSSR count). The molecule has 2 radical (unpaired) electrons. The number of benzene rings is 1. The highest BCUT2D eigenvalue weighted by atomic mass is 32.1. The number of hydrogen-bond acceptors (Lipinski definition) is 1. The van der Waals surface area contributed by atoms with Crippen LogP contribution in [0.15, 0.2) is 39.2 Å². The summed E-state index contributed by atoms with van der Waals surface area (Å²) in [6.07, 6.45) is 1.02. The lowest BCUT2D eigenvalue weighted by molar-refractivity contribution is 0.502. The summed E-state index contributed by atoms with van der Waals surface area (Å²) in [6.45, 7) is 31.0. The molecule has 158 valence electrons. The van der Waals surface area contributed by atoms with E-state index in [1.54, 1.807) is 0 Å². The quantitative estimate of drug-likeness (QED) is 0.283. The van der Waals surface area contributed by atoms with Crippen LogP contribution in [0.2, 0.25) is 0 Å². The van der Waals surface area contributed by atoms with Crippen molar-refractivity contribution in [2.24, 2.45) is 5.41 Å². The SMILES string of the molecule is [B]/C(C(=C)C(C)(C)c1c(C)c(C)c(C)c(C)c1S)=C(C)/C(=C(/C)CC)C(C)(C)C. The summed E-state index contributed by atoms with van der Waals surface area (Å²) >= 11 is 4.93. The topological polar surface area (TPSA) is 0 Å². The van der Waals surface area contributed by atoms with Gasteiger partial charge in [0.15, 0.2) is 0 Å². The van der Waals surface area contributed by atoms with Crippen molar-refractivity contribution in [1.29, 1.82) is 0 Å². The second kappa shape index (κ2) is 8.92. The van der Waals surface area contributed by atoms with Crippen molar-refractivity contribution in [3.05, 3.63) is 62.2 Å². The Morgan fingerprint density at radius 3 is 1.76 bits per heavy atom. The van der Waals surface area contributed by atoms with Crippen LogP contribution in [0.1, 0.15) is 89.6 Å². The average molecular weight is 409 g/mol. The molecule has 0 saturated heterocycles. The van der Waals surface area contributed by atoms with E-state index in [-0.39, 0.29) is 10.8 Å². The molecule has 1 aromatic rings. The Morgan fingerprint density at radius 1 is 0.897 bits per heavy atom. The lowest BCUT2D eigenvalue weighted by Crippen LogP contribution is -2.26. The van der Waals surface area contributed by atoms with E-state index in [0.717, 1.165) is 27.9 Å². The van der Waals surface area contributed by atoms with E-state index in [2.05, 4.69) is 89.7 Å². The number of hydrogen-bond donors (Lipinski definition) is 1. The first-order valence-electron chi connectivity index (χ1n) is 10.7. The lowest BCUT2D eigenvalue weighted by atomic mass is 9.65. The van der Waals surface area contributed by atoms with Gasteiger partial charge < -0.3 is 0 Å². The Hall–Kier alpha value is -1.15. The molecule has 0 aliphatic rings. The van der Waals surface area contributed by atoms with E-state index in [1.165, 1.54) is 39.0 Å². The van der Waals surface area contributed by atoms with Crippen LogP contribution in [0.3, 0.4) is 0 Å². The Kier molecular flexibility index (Phi) is 7.97. The first kappa shape index (κ1) is 25.9. The maximum Gasteiger partial charge on any atom is 0.114 e. The third-order valence-corrected chi connectivity index (χ3v) is 7.40.